The highest BCUT2D eigenvalue weighted by Crippen LogP contribution is 2.33. The smallest absolute Gasteiger partial charge is 0.321 e. The van der Waals surface area contributed by atoms with Gasteiger partial charge in [0.1, 0.15) is 5.52 Å². The van der Waals surface area contributed by atoms with Crippen molar-refractivity contribution in [3.8, 4) is 11.1 Å². The molecule has 0 saturated carbocycles. The Morgan fingerprint density at radius 2 is 2.07 bits per heavy atom. The molecule has 0 bridgehead atoms. The molecule has 0 aliphatic carbocycles. The number of hydrogen-bond donors (Lipinski definition) is 4. The number of nitrogens with two attached hydrogens (primary N) is 1. The normalized spacial score (nSPS) is 13.1. The Hall–Kier alpha value is -3.88. The van der Waals surface area contributed by atoms with Crippen molar-refractivity contribution in [2.75, 3.05) is 29.0 Å². The number of carbonyl (C=O) groups excluding carboxylic acids is 1. The third-order valence-corrected chi connectivity index (χ3v) is 4.27. The van der Waals surface area contributed by atoms with Gasteiger partial charge in [0.05, 0.1) is 11.2 Å². The van der Waals surface area contributed by atoms with E-state index in [1.807, 2.05) is 37.4 Å². The first-order valence-corrected chi connectivity index (χ1v) is 8.90. The molecule has 0 radical (unpaired) electrons. The second kappa shape index (κ2) is 7.39. The molecule has 142 valence electrons. The van der Waals surface area contributed by atoms with Crippen molar-refractivity contribution in [3.05, 3.63) is 49.0 Å². The summed E-state index contributed by atoms with van der Waals surface area (Å²) >= 11 is 0. The lowest BCUT2D eigenvalue weighted by Gasteiger charge is -2.21. The zero-order valence-corrected chi connectivity index (χ0v) is 15.3. The highest BCUT2D eigenvalue weighted by molar-refractivity contribution is 5.97. The van der Waals surface area contributed by atoms with E-state index in [2.05, 4.69) is 41.5 Å². The standard InChI is InChI=1S/C19H20N8O/c1-2-21-19(28)26-18-24-14-8-12(13-10-22-17(20)23-11-13)9-15(16(14)25-18)27-6-4-3-5-7-27/h3-6,8-11H,2,7H2,1H3,(H2,20,22,23)(H3,21,24,25,26,28). The zero-order chi connectivity index (χ0) is 19.5. The molecule has 3 heterocycles. The summed E-state index contributed by atoms with van der Waals surface area (Å²) in [5.74, 6) is 0.605. The molecule has 4 rings (SSSR count). The van der Waals surface area contributed by atoms with E-state index < -0.39 is 0 Å². The highest BCUT2D eigenvalue weighted by Gasteiger charge is 2.16. The van der Waals surface area contributed by atoms with Gasteiger partial charge in [0.25, 0.3) is 0 Å². The molecule has 1 aliphatic heterocycles. The first-order valence-electron chi connectivity index (χ1n) is 8.90. The van der Waals surface area contributed by atoms with Crippen LogP contribution in [0.4, 0.5) is 22.4 Å². The van der Waals surface area contributed by atoms with Crippen LogP contribution < -0.4 is 21.3 Å². The van der Waals surface area contributed by atoms with Gasteiger partial charge in [-0.05, 0) is 30.7 Å². The van der Waals surface area contributed by atoms with Crippen molar-refractivity contribution in [1.29, 1.82) is 0 Å². The van der Waals surface area contributed by atoms with E-state index in [1.54, 1.807) is 12.4 Å². The Balaban J connectivity index is 1.80. The second-order valence-corrected chi connectivity index (χ2v) is 6.21. The Kier molecular flexibility index (Phi) is 4.63. The number of amides is 2. The summed E-state index contributed by atoms with van der Waals surface area (Å²) in [5, 5.41) is 5.41. The van der Waals surface area contributed by atoms with Gasteiger partial charge in [0, 0.05) is 37.2 Å². The molecular weight excluding hydrogens is 356 g/mol. The molecule has 2 aromatic heterocycles. The Morgan fingerprint density at radius 3 is 2.79 bits per heavy atom. The number of carbonyl (C=O) groups is 1. The number of fused-ring (bicyclic) bond motifs is 1. The molecule has 2 amide bonds. The maximum absolute atomic E-state index is 11.9. The van der Waals surface area contributed by atoms with E-state index in [9.17, 15) is 4.79 Å². The summed E-state index contributed by atoms with van der Waals surface area (Å²) in [6.07, 6.45) is 11.4. The van der Waals surface area contributed by atoms with Gasteiger partial charge in [-0.25, -0.2) is 19.7 Å². The van der Waals surface area contributed by atoms with Crippen LogP contribution in [0, 0.1) is 0 Å². The number of benzene rings is 1. The van der Waals surface area contributed by atoms with E-state index in [-0.39, 0.29) is 12.0 Å². The van der Waals surface area contributed by atoms with Crippen molar-refractivity contribution >= 4 is 34.6 Å². The molecule has 0 atom stereocenters. The number of hydrogen-bond acceptors (Lipinski definition) is 6. The van der Waals surface area contributed by atoms with Crippen molar-refractivity contribution in [1.82, 2.24) is 25.3 Å². The van der Waals surface area contributed by atoms with Crippen molar-refractivity contribution < 1.29 is 4.79 Å². The highest BCUT2D eigenvalue weighted by atomic mass is 16.2. The fourth-order valence-corrected chi connectivity index (χ4v) is 2.99. The third-order valence-electron chi connectivity index (χ3n) is 4.27. The molecule has 0 spiro atoms. The van der Waals surface area contributed by atoms with E-state index in [0.717, 1.165) is 34.4 Å². The number of aromatic amines is 1. The van der Waals surface area contributed by atoms with Crippen LogP contribution in [0.1, 0.15) is 6.92 Å². The predicted molar refractivity (Wildman–Crippen MR) is 110 cm³/mol. The van der Waals surface area contributed by atoms with E-state index in [1.165, 1.54) is 0 Å². The van der Waals surface area contributed by atoms with Gasteiger partial charge in [-0.2, -0.15) is 0 Å². The number of imidazole rings is 1. The molecule has 0 fully saturated rings. The molecule has 9 nitrogen and oxygen atoms in total. The largest absolute Gasteiger partial charge is 0.368 e. The van der Waals surface area contributed by atoms with Crippen molar-refractivity contribution in [2.24, 2.45) is 0 Å². The van der Waals surface area contributed by atoms with Gasteiger partial charge in [0.2, 0.25) is 11.9 Å². The number of urea groups is 1. The van der Waals surface area contributed by atoms with Gasteiger partial charge in [-0.1, -0.05) is 12.2 Å². The second-order valence-electron chi connectivity index (χ2n) is 6.21. The van der Waals surface area contributed by atoms with Crippen molar-refractivity contribution in [2.45, 2.75) is 6.92 Å². The van der Waals surface area contributed by atoms with Crippen LogP contribution in [-0.4, -0.2) is 39.1 Å². The van der Waals surface area contributed by atoms with Crippen LogP contribution in [0.25, 0.3) is 22.2 Å². The average Bonchev–Trinajstić information content (AvgIpc) is 3.10. The molecule has 5 N–H and O–H groups in total. The van der Waals surface area contributed by atoms with Crippen molar-refractivity contribution in [3.63, 3.8) is 0 Å². The quantitative estimate of drug-likeness (QED) is 0.555. The summed E-state index contributed by atoms with van der Waals surface area (Å²) in [6, 6.07) is 3.67. The number of anilines is 3. The number of rotatable bonds is 4. The molecule has 0 saturated heterocycles. The molecule has 0 unspecified atom stereocenters. The Morgan fingerprint density at radius 1 is 1.25 bits per heavy atom. The number of nitrogens with zero attached hydrogens (tertiary/aromatic N) is 4. The van der Waals surface area contributed by atoms with E-state index in [4.69, 9.17) is 5.73 Å². The Labute approximate surface area is 161 Å². The lowest BCUT2D eigenvalue weighted by Crippen LogP contribution is -2.28. The van der Waals surface area contributed by atoms with E-state index in [0.29, 0.717) is 12.5 Å². The minimum Gasteiger partial charge on any atom is -0.368 e. The van der Waals surface area contributed by atoms with Crippen LogP contribution in [0.2, 0.25) is 0 Å². The molecule has 1 aliphatic rings. The summed E-state index contributed by atoms with van der Waals surface area (Å²) in [6.45, 7) is 3.11. The zero-order valence-electron chi connectivity index (χ0n) is 15.3. The van der Waals surface area contributed by atoms with Gasteiger partial charge in [-0.3, -0.25) is 5.32 Å². The SMILES string of the molecule is CCNC(=O)Nc1nc2c(N3C=CC=CC3)cc(-c3cnc(N)nc3)cc2[nH]1. The lowest BCUT2D eigenvalue weighted by atomic mass is 10.1. The van der Waals surface area contributed by atoms with E-state index >= 15 is 0 Å². The number of allylic oxidation sites excluding steroid dienone is 2. The van der Waals surface area contributed by atoms with Crippen LogP contribution >= 0.6 is 0 Å². The topological polar surface area (TPSA) is 125 Å². The van der Waals surface area contributed by atoms with Gasteiger partial charge in [-0.15, -0.1) is 0 Å². The van der Waals surface area contributed by atoms with Crippen LogP contribution in [0.3, 0.4) is 0 Å². The number of H-pyrrole nitrogens is 1. The van der Waals surface area contributed by atoms with Gasteiger partial charge < -0.3 is 20.9 Å². The average molecular weight is 376 g/mol. The monoisotopic (exact) mass is 376 g/mol. The fourth-order valence-electron chi connectivity index (χ4n) is 2.99. The van der Waals surface area contributed by atoms with Gasteiger partial charge >= 0.3 is 6.03 Å². The van der Waals surface area contributed by atoms with Gasteiger partial charge in [0.15, 0.2) is 0 Å². The maximum Gasteiger partial charge on any atom is 0.321 e. The molecule has 9 heteroatoms. The summed E-state index contributed by atoms with van der Waals surface area (Å²) < 4.78 is 0. The minimum absolute atomic E-state index is 0.226. The molecule has 28 heavy (non-hydrogen) atoms. The summed E-state index contributed by atoms with van der Waals surface area (Å²) in [5.41, 5.74) is 9.81. The number of nitrogen functional groups attached to an aromatic ring is 1. The number of nitrogens with one attached hydrogen (secondary N) is 3. The lowest BCUT2D eigenvalue weighted by molar-refractivity contribution is 0.252. The summed E-state index contributed by atoms with van der Waals surface area (Å²) in [7, 11) is 0. The number of aromatic nitrogens is 4. The Bertz CT molecular complexity index is 1070. The first-order chi connectivity index (χ1) is 13.6. The van der Waals surface area contributed by atoms with Crippen LogP contribution in [0.15, 0.2) is 49.0 Å². The summed E-state index contributed by atoms with van der Waals surface area (Å²) in [4.78, 5) is 29.8. The first kappa shape index (κ1) is 17.5. The third kappa shape index (κ3) is 3.50. The minimum atomic E-state index is -0.309. The molecule has 1 aromatic carbocycles. The molecular formula is C19H20N8O. The maximum atomic E-state index is 11.9. The van der Waals surface area contributed by atoms with Crippen LogP contribution in [0.5, 0.6) is 0 Å². The predicted octanol–water partition coefficient (Wildman–Crippen LogP) is 2.63. The molecule has 3 aromatic rings. The van der Waals surface area contributed by atoms with Crippen LogP contribution in [-0.2, 0) is 0 Å². The fraction of sp³-hybridized carbons (Fsp3) is 0.158.